The maximum atomic E-state index is 12.0. The zero-order valence-electron chi connectivity index (χ0n) is 12.3. The highest BCUT2D eigenvalue weighted by Gasteiger charge is 2.11. The van der Waals surface area contributed by atoms with Crippen molar-refractivity contribution in [1.82, 2.24) is 4.98 Å². The predicted molar refractivity (Wildman–Crippen MR) is 101 cm³/mol. The van der Waals surface area contributed by atoms with Crippen molar-refractivity contribution in [2.45, 2.75) is 0 Å². The molecule has 0 bridgehead atoms. The number of ether oxygens (including phenoxy) is 1. The van der Waals surface area contributed by atoms with Crippen LogP contribution in [0.1, 0.15) is 0 Å². The van der Waals surface area contributed by atoms with Crippen LogP contribution in [0.2, 0.25) is 5.02 Å². The number of carbonyl (C=O) groups is 1. The molecule has 0 aliphatic heterocycles. The number of hydrogen-bond acceptors (Lipinski definition) is 4. The number of anilines is 1. The van der Waals surface area contributed by atoms with E-state index in [0.29, 0.717) is 15.9 Å². The monoisotopic (exact) mass is 422 g/mol. The van der Waals surface area contributed by atoms with Gasteiger partial charge < -0.3 is 4.74 Å². The summed E-state index contributed by atoms with van der Waals surface area (Å²) >= 11 is 10.9. The molecule has 3 rings (SSSR count). The molecule has 122 valence electrons. The van der Waals surface area contributed by atoms with Crippen LogP contribution in [0.3, 0.4) is 0 Å². The molecule has 0 atom stereocenters. The normalized spacial score (nSPS) is 10.4. The quantitative estimate of drug-likeness (QED) is 0.610. The number of carbonyl (C=O) groups excluding carboxylic acids is 1. The first-order chi connectivity index (χ1) is 11.6. The SMILES string of the molecule is O=C(COc1ccccc1Br)Nc1nc(-c2ccccc2Cl)cs1. The van der Waals surface area contributed by atoms with Crippen molar-refractivity contribution in [2.75, 3.05) is 11.9 Å². The Morgan fingerprint density at radius 2 is 1.96 bits per heavy atom. The van der Waals surface area contributed by atoms with Crippen LogP contribution < -0.4 is 10.1 Å². The number of thiazole rings is 1. The second kappa shape index (κ2) is 7.79. The summed E-state index contributed by atoms with van der Waals surface area (Å²) in [6.07, 6.45) is 0. The average Bonchev–Trinajstić information content (AvgIpc) is 3.03. The lowest BCUT2D eigenvalue weighted by molar-refractivity contribution is -0.118. The Bertz CT molecular complexity index is 869. The third-order valence-electron chi connectivity index (χ3n) is 3.10. The second-order valence-electron chi connectivity index (χ2n) is 4.79. The van der Waals surface area contributed by atoms with Crippen LogP contribution in [0.4, 0.5) is 5.13 Å². The molecule has 0 radical (unpaired) electrons. The van der Waals surface area contributed by atoms with Gasteiger partial charge in [0.25, 0.3) is 5.91 Å². The topological polar surface area (TPSA) is 51.2 Å². The molecule has 0 aliphatic carbocycles. The van der Waals surface area contributed by atoms with E-state index in [-0.39, 0.29) is 12.5 Å². The summed E-state index contributed by atoms with van der Waals surface area (Å²) in [6, 6.07) is 14.8. The van der Waals surface area contributed by atoms with Gasteiger partial charge >= 0.3 is 0 Å². The predicted octanol–water partition coefficient (Wildman–Crippen LogP) is 5.24. The van der Waals surface area contributed by atoms with E-state index in [4.69, 9.17) is 16.3 Å². The van der Waals surface area contributed by atoms with E-state index in [1.54, 1.807) is 12.1 Å². The number of benzene rings is 2. The molecule has 1 heterocycles. The third-order valence-corrected chi connectivity index (χ3v) is 4.84. The van der Waals surface area contributed by atoms with Gasteiger partial charge in [-0.25, -0.2) is 4.98 Å². The highest BCUT2D eigenvalue weighted by Crippen LogP contribution is 2.30. The lowest BCUT2D eigenvalue weighted by Crippen LogP contribution is -2.20. The minimum absolute atomic E-state index is 0.0936. The Morgan fingerprint density at radius 1 is 1.21 bits per heavy atom. The van der Waals surface area contributed by atoms with E-state index < -0.39 is 0 Å². The van der Waals surface area contributed by atoms with Gasteiger partial charge in [0.2, 0.25) is 0 Å². The minimum atomic E-state index is -0.272. The number of aromatic nitrogens is 1. The molecule has 0 saturated carbocycles. The number of nitrogens with one attached hydrogen (secondary N) is 1. The second-order valence-corrected chi connectivity index (χ2v) is 6.90. The van der Waals surface area contributed by atoms with Gasteiger partial charge in [0.1, 0.15) is 5.75 Å². The largest absolute Gasteiger partial charge is 0.483 e. The summed E-state index contributed by atoms with van der Waals surface area (Å²) in [6.45, 7) is -0.0936. The molecule has 0 unspecified atom stereocenters. The van der Waals surface area contributed by atoms with E-state index in [1.807, 2.05) is 41.8 Å². The Balaban J connectivity index is 1.62. The van der Waals surface area contributed by atoms with Crippen molar-refractivity contribution in [3.63, 3.8) is 0 Å². The maximum Gasteiger partial charge on any atom is 0.264 e. The van der Waals surface area contributed by atoms with Crippen LogP contribution in [0.15, 0.2) is 58.4 Å². The molecule has 0 aliphatic rings. The number of nitrogens with zero attached hydrogens (tertiary/aromatic N) is 1. The summed E-state index contributed by atoms with van der Waals surface area (Å²) < 4.78 is 6.28. The molecule has 2 aromatic carbocycles. The van der Waals surface area contributed by atoms with Gasteiger partial charge in [-0.1, -0.05) is 41.9 Å². The van der Waals surface area contributed by atoms with Gasteiger partial charge in [-0.15, -0.1) is 11.3 Å². The van der Waals surface area contributed by atoms with Crippen LogP contribution in [0.25, 0.3) is 11.3 Å². The fraction of sp³-hybridized carbons (Fsp3) is 0.0588. The van der Waals surface area contributed by atoms with Gasteiger partial charge in [0.15, 0.2) is 11.7 Å². The number of halogens is 2. The van der Waals surface area contributed by atoms with Crippen molar-refractivity contribution in [2.24, 2.45) is 0 Å². The van der Waals surface area contributed by atoms with Crippen molar-refractivity contribution in [3.8, 4) is 17.0 Å². The number of para-hydroxylation sites is 1. The van der Waals surface area contributed by atoms with E-state index in [1.165, 1.54) is 11.3 Å². The molecule has 0 saturated heterocycles. The minimum Gasteiger partial charge on any atom is -0.483 e. The first kappa shape index (κ1) is 17.0. The smallest absolute Gasteiger partial charge is 0.264 e. The molecule has 0 fully saturated rings. The van der Waals surface area contributed by atoms with Gasteiger partial charge in [-0.05, 0) is 34.1 Å². The number of hydrogen-bond donors (Lipinski definition) is 1. The molecule has 1 amide bonds. The summed E-state index contributed by atoms with van der Waals surface area (Å²) in [5.41, 5.74) is 1.56. The Kier molecular flexibility index (Phi) is 5.50. The summed E-state index contributed by atoms with van der Waals surface area (Å²) in [4.78, 5) is 16.4. The molecule has 1 aromatic heterocycles. The van der Waals surface area contributed by atoms with Crippen molar-refractivity contribution in [3.05, 3.63) is 63.4 Å². The van der Waals surface area contributed by atoms with Crippen molar-refractivity contribution < 1.29 is 9.53 Å². The third kappa shape index (κ3) is 4.14. The lowest BCUT2D eigenvalue weighted by Gasteiger charge is -2.07. The van der Waals surface area contributed by atoms with Gasteiger partial charge in [-0.2, -0.15) is 0 Å². The van der Waals surface area contributed by atoms with E-state index in [9.17, 15) is 4.79 Å². The van der Waals surface area contributed by atoms with Crippen LogP contribution in [0.5, 0.6) is 5.75 Å². The summed E-state index contributed by atoms with van der Waals surface area (Å²) in [7, 11) is 0. The standard InChI is InChI=1S/C17H12BrClN2O2S/c18-12-6-2-4-8-15(12)23-9-16(22)21-17-20-14(10-24-17)11-5-1-3-7-13(11)19/h1-8,10H,9H2,(H,20,21,22). The zero-order valence-corrected chi connectivity index (χ0v) is 15.5. The molecular weight excluding hydrogens is 412 g/mol. The first-order valence-electron chi connectivity index (χ1n) is 7.01. The molecule has 7 heteroatoms. The Labute approximate surface area is 156 Å². The van der Waals surface area contributed by atoms with Crippen LogP contribution in [-0.4, -0.2) is 17.5 Å². The van der Waals surface area contributed by atoms with Gasteiger partial charge in [0.05, 0.1) is 10.2 Å². The Hall–Kier alpha value is -1.89. The number of amides is 1. The fourth-order valence-electron chi connectivity index (χ4n) is 1.98. The van der Waals surface area contributed by atoms with E-state index >= 15 is 0 Å². The first-order valence-corrected chi connectivity index (χ1v) is 9.06. The van der Waals surface area contributed by atoms with Gasteiger partial charge in [0, 0.05) is 16.0 Å². The molecule has 0 spiro atoms. The molecule has 4 nitrogen and oxygen atoms in total. The van der Waals surface area contributed by atoms with Crippen LogP contribution in [0, 0.1) is 0 Å². The molecule has 1 N–H and O–H groups in total. The van der Waals surface area contributed by atoms with Crippen molar-refractivity contribution in [1.29, 1.82) is 0 Å². The van der Waals surface area contributed by atoms with E-state index in [0.717, 1.165) is 15.7 Å². The van der Waals surface area contributed by atoms with Crippen LogP contribution in [-0.2, 0) is 4.79 Å². The lowest BCUT2D eigenvalue weighted by atomic mass is 10.2. The summed E-state index contributed by atoms with van der Waals surface area (Å²) in [5, 5.41) is 5.71. The van der Waals surface area contributed by atoms with Gasteiger partial charge in [-0.3, -0.25) is 10.1 Å². The number of rotatable bonds is 5. The van der Waals surface area contributed by atoms with Crippen LogP contribution >= 0.6 is 38.9 Å². The highest BCUT2D eigenvalue weighted by atomic mass is 79.9. The van der Waals surface area contributed by atoms with Crippen molar-refractivity contribution >= 4 is 49.9 Å². The molecule has 3 aromatic rings. The fourth-order valence-corrected chi connectivity index (χ4v) is 3.34. The molecule has 24 heavy (non-hydrogen) atoms. The summed E-state index contributed by atoms with van der Waals surface area (Å²) in [5.74, 6) is 0.342. The maximum absolute atomic E-state index is 12.0. The van der Waals surface area contributed by atoms with E-state index in [2.05, 4.69) is 26.2 Å². The zero-order chi connectivity index (χ0) is 16.9. The average molecular weight is 424 g/mol. The molecular formula is C17H12BrClN2O2S. The highest BCUT2D eigenvalue weighted by molar-refractivity contribution is 9.10. The Morgan fingerprint density at radius 3 is 2.75 bits per heavy atom.